The molecule has 0 heterocycles. The number of benzene rings is 2. The molecule has 0 spiro atoms. The van der Waals surface area contributed by atoms with Crippen LogP contribution in [0.3, 0.4) is 0 Å². The maximum atomic E-state index is 12.9. The molecule has 0 radical (unpaired) electrons. The number of carbonyl (C=O) groups is 1. The van der Waals surface area contributed by atoms with Crippen molar-refractivity contribution in [3.05, 3.63) is 57.1 Å². The number of ketones is 1. The van der Waals surface area contributed by atoms with Gasteiger partial charge in [-0.2, -0.15) is 0 Å². The Morgan fingerprint density at radius 3 is 2.10 bits per heavy atom. The Morgan fingerprint density at radius 1 is 1.00 bits per heavy atom. The van der Waals surface area contributed by atoms with Gasteiger partial charge in [0.1, 0.15) is 17.1 Å². The van der Waals surface area contributed by atoms with Crippen LogP contribution in [0.15, 0.2) is 34.8 Å². The molecule has 2 aromatic rings. The fourth-order valence-electron chi connectivity index (χ4n) is 2.24. The smallest absolute Gasteiger partial charge is 0.200 e. The molecular formula is C17H17BrO3. The minimum Gasteiger partial charge on any atom is -0.496 e. The maximum absolute atomic E-state index is 12.9. The van der Waals surface area contributed by atoms with E-state index in [-0.39, 0.29) is 5.78 Å². The molecule has 110 valence electrons. The molecule has 0 aliphatic heterocycles. The molecule has 21 heavy (non-hydrogen) atoms. The first-order valence-electron chi connectivity index (χ1n) is 6.52. The minimum atomic E-state index is -0.0996. The third-order valence-corrected chi connectivity index (χ3v) is 4.26. The number of aryl methyl sites for hydroxylation is 2. The molecule has 0 aliphatic rings. The number of hydrogen-bond donors (Lipinski definition) is 0. The number of ether oxygens (including phenoxy) is 2. The monoisotopic (exact) mass is 348 g/mol. The van der Waals surface area contributed by atoms with E-state index in [1.807, 2.05) is 26.0 Å². The second-order valence-electron chi connectivity index (χ2n) is 4.78. The van der Waals surface area contributed by atoms with Gasteiger partial charge in [0.2, 0.25) is 5.78 Å². The molecule has 0 aliphatic carbocycles. The molecule has 2 rings (SSSR count). The van der Waals surface area contributed by atoms with E-state index >= 15 is 0 Å². The van der Waals surface area contributed by atoms with Gasteiger partial charge in [0, 0.05) is 10.0 Å². The van der Waals surface area contributed by atoms with Gasteiger partial charge in [0.15, 0.2) is 0 Å². The van der Waals surface area contributed by atoms with Crippen molar-refractivity contribution in [1.29, 1.82) is 0 Å². The maximum Gasteiger partial charge on any atom is 0.200 e. The molecule has 0 fully saturated rings. The zero-order valence-electron chi connectivity index (χ0n) is 12.5. The average molecular weight is 349 g/mol. The zero-order valence-corrected chi connectivity index (χ0v) is 14.1. The van der Waals surface area contributed by atoms with Crippen LogP contribution in [0.25, 0.3) is 0 Å². The predicted molar refractivity (Wildman–Crippen MR) is 86.6 cm³/mol. The third-order valence-electron chi connectivity index (χ3n) is 3.41. The largest absolute Gasteiger partial charge is 0.496 e. The van der Waals surface area contributed by atoms with E-state index < -0.39 is 0 Å². The predicted octanol–water partition coefficient (Wildman–Crippen LogP) is 4.31. The Hall–Kier alpha value is -1.81. The first kappa shape index (κ1) is 15.6. The average Bonchev–Trinajstić information content (AvgIpc) is 2.49. The molecule has 3 nitrogen and oxygen atoms in total. The summed E-state index contributed by atoms with van der Waals surface area (Å²) in [6, 6.07) is 9.15. The van der Waals surface area contributed by atoms with Crippen molar-refractivity contribution in [2.45, 2.75) is 13.8 Å². The highest BCUT2D eigenvalue weighted by atomic mass is 79.9. The van der Waals surface area contributed by atoms with Gasteiger partial charge in [-0.25, -0.2) is 0 Å². The Balaban J connectivity index is 2.63. The Bertz CT molecular complexity index is 670. The fraction of sp³-hybridized carbons (Fsp3) is 0.235. The summed E-state index contributed by atoms with van der Waals surface area (Å²) in [4.78, 5) is 12.9. The first-order chi connectivity index (χ1) is 9.99. The number of halogens is 1. The highest BCUT2D eigenvalue weighted by Crippen LogP contribution is 2.32. The second-order valence-corrected chi connectivity index (χ2v) is 5.64. The van der Waals surface area contributed by atoms with Crippen molar-refractivity contribution in [1.82, 2.24) is 0 Å². The Kier molecular flexibility index (Phi) is 4.68. The number of rotatable bonds is 4. The van der Waals surface area contributed by atoms with Gasteiger partial charge in [-0.15, -0.1) is 0 Å². The van der Waals surface area contributed by atoms with E-state index in [1.165, 1.54) is 0 Å². The lowest BCUT2D eigenvalue weighted by Gasteiger charge is -2.14. The number of hydrogen-bond acceptors (Lipinski definition) is 3. The standard InChI is InChI=1S/C17H17BrO3/c1-10-9-13(18)11(2)8-12(10)17(19)16-14(20-3)6-5-7-15(16)21-4/h5-9H,1-4H3. The lowest BCUT2D eigenvalue weighted by Crippen LogP contribution is -2.08. The molecular weight excluding hydrogens is 332 g/mol. The van der Waals surface area contributed by atoms with Crippen molar-refractivity contribution in [2.75, 3.05) is 14.2 Å². The molecule has 0 atom stereocenters. The van der Waals surface area contributed by atoms with Gasteiger partial charge in [0.05, 0.1) is 14.2 Å². The van der Waals surface area contributed by atoms with E-state index in [2.05, 4.69) is 15.9 Å². The molecule has 0 aromatic heterocycles. The van der Waals surface area contributed by atoms with Gasteiger partial charge >= 0.3 is 0 Å². The van der Waals surface area contributed by atoms with E-state index in [9.17, 15) is 4.79 Å². The summed E-state index contributed by atoms with van der Waals surface area (Å²) < 4.78 is 11.6. The minimum absolute atomic E-state index is 0.0996. The van der Waals surface area contributed by atoms with Gasteiger partial charge in [0.25, 0.3) is 0 Å². The van der Waals surface area contributed by atoms with E-state index in [0.29, 0.717) is 22.6 Å². The summed E-state index contributed by atoms with van der Waals surface area (Å²) in [7, 11) is 3.09. The summed E-state index contributed by atoms with van der Waals surface area (Å²) >= 11 is 3.48. The van der Waals surface area contributed by atoms with Crippen LogP contribution in [-0.4, -0.2) is 20.0 Å². The molecule has 0 saturated carbocycles. The quantitative estimate of drug-likeness (QED) is 0.772. The SMILES string of the molecule is COc1cccc(OC)c1C(=O)c1cc(C)c(Br)cc1C. The van der Waals surface area contributed by atoms with Crippen molar-refractivity contribution >= 4 is 21.7 Å². The van der Waals surface area contributed by atoms with Gasteiger partial charge in [-0.3, -0.25) is 4.79 Å². The summed E-state index contributed by atoms with van der Waals surface area (Å²) in [6.07, 6.45) is 0. The Labute approximate surface area is 133 Å². The van der Waals surface area contributed by atoms with Crippen LogP contribution >= 0.6 is 15.9 Å². The molecule has 0 amide bonds. The topological polar surface area (TPSA) is 35.5 Å². The van der Waals surface area contributed by atoms with Gasteiger partial charge in [-0.1, -0.05) is 22.0 Å². The highest BCUT2D eigenvalue weighted by Gasteiger charge is 2.21. The summed E-state index contributed by atoms with van der Waals surface area (Å²) in [5.41, 5.74) is 3.02. The third kappa shape index (κ3) is 2.95. The molecule has 0 N–H and O–H groups in total. The van der Waals surface area contributed by atoms with E-state index in [4.69, 9.17) is 9.47 Å². The molecule has 2 aromatic carbocycles. The molecule has 0 unspecified atom stereocenters. The van der Waals surface area contributed by atoms with Gasteiger partial charge in [-0.05, 0) is 49.2 Å². The summed E-state index contributed by atoms with van der Waals surface area (Å²) in [5, 5.41) is 0. The van der Waals surface area contributed by atoms with Crippen LogP contribution in [0.5, 0.6) is 11.5 Å². The summed E-state index contributed by atoms with van der Waals surface area (Å²) in [6.45, 7) is 3.87. The van der Waals surface area contributed by atoms with Crippen molar-refractivity contribution in [3.8, 4) is 11.5 Å². The molecule has 4 heteroatoms. The lowest BCUT2D eigenvalue weighted by atomic mass is 9.96. The molecule has 0 bridgehead atoms. The first-order valence-corrected chi connectivity index (χ1v) is 7.31. The van der Waals surface area contributed by atoms with E-state index in [1.54, 1.807) is 32.4 Å². The fourth-order valence-corrected chi connectivity index (χ4v) is 2.69. The number of methoxy groups -OCH3 is 2. The summed E-state index contributed by atoms with van der Waals surface area (Å²) in [5.74, 6) is 0.927. The zero-order chi connectivity index (χ0) is 15.6. The van der Waals surface area contributed by atoms with Crippen LogP contribution in [0.1, 0.15) is 27.0 Å². The Morgan fingerprint density at radius 2 is 1.57 bits per heavy atom. The van der Waals surface area contributed by atoms with Crippen LogP contribution in [-0.2, 0) is 0 Å². The van der Waals surface area contributed by atoms with Crippen LogP contribution in [0, 0.1) is 13.8 Å². The van der Waals surface area contributed by atoms with Crippen LogP contribution in [0.4, 0.5) is 0 Å². The van der Waals surface area contributed by atoms with Crippen LogP contribution in [0.2, 0.25) is 0 Å². The second kappa shape index (κ2) is 6.31. The van der Waals surface area contributed by atoms with Crippen molar-refractivity contribution < 1.29 is 14.3 Å². The van der Waals surface area contributed by atoms with Gasteiger partial charge < -0.3 is 9.47 Å². The van der Waals surface area contributed by atoms with E-state index in [0.717, 1.165) is 15.6 Å². The normalized spacial score (nSPS) is 10.3. The highest BCUT2D eigenvalue weighted by molar-refractivity contribution is 9.10. The van der Waals surface area contributed by atoms with Crippen molar-refractivity contribution in [3.63, 3.8) is 0 Å². The number of carbonyl (C=O) groups excluding carboxylic acids is 1. The van der Waals surface area contributed by atoms with Crippen LogP contribution < -0.4 is 9.47 Å². The van der Waals surface area contributed by atoms with Crippen molar-refractivity contribution in [2.24, 2.45) is 0 Å². The molecule has 0 saturated heterocycles. The lowest BCUT2D eigenvalue weighted by molar-refractivity contribution is 0.103.